The van der Waals surface area contributed by atoms with E-state index in [1.807, 2.05) is 36.2 Å². The fourth-order valence-corrected chi connectivity index (χ4v) is 2.30. The molecule has 0 radical (unpaired) electrons. The smallest absolute Gasteiger partial charge is 0.339 e. The first kappa shape index (κ1) is 15.3. The van der Waals surface area contributed by atoms with Crippen LogP contribution in [0.15, 0.2) is 30.3 Å². The summed E-state index contributed by atoms with van der Waals surface area (Å²) in [5, 5.41) is 10.3. The summed E-state index contributed by atoms with van der Waals surface area (Å²) in [4.78, 5) is 18.1. The van der Waals surface area contributed by atoms with Crippen molar-refractivity contribution >= 4 is 22.7 Å². The highest BCUT2D eigenvalue weighted by Crippen LogP contribution is 2.30. The lowest BCUT2D eigenvalue weighted by Crippen LogP contribution is -2.40. The number of rotatable bonds is 3. The van der Waals surface area contributed by atoms with Gasteiger partial charge in [-0.1, -0.05) is 39.0 Å². The summed E-state index contributed by atoms with van der Waals surface area (Å²) in [6.45, 7) is 8.49. The number of carboxylic acid groups (broad SMARTS) is 1. The van der Waals surface area contributed by atoms with Crippen molar-refractivity contribution in [1.29, 1.82) is 0 Å². The Morgan fingerprint density at radius 2 is 1.90 bits per heavy atom. The summed E-state index contributed by atoms with van der Waals surface area (Å²) in [7, 11) is 1.90. The molecular formula is C17H22N2O2. The third-order valence-corrected chi connectivity index (χ3v) is 4.10. The van der Waals surface area contributed by atoms with Crippen molar-refractivity contribution in [2.45, 2.75) is 33.7 Å². The summed E-state index contributed by atoms with van der Waals surface area (Å²) in [6.07, 6.45) is 0. The van der Waals surface area contributed by atoms with E-state index in [-0.39, 0.29) is 17.0 Å². The van der Waals surface area contributed by atoms with Crippen LogP contribution in [-0.4, -0.2) is 29.1 Å². The molecule has 4 heteroatoms. The monoisotopic (exact) mass is 286 g/mol. The van der Waals surface area contributed by atoms with Crippen molar-refractivity contribution in [3.8, 4) is 0 Å². The van der Waals surface area contributed by atoms with Gasteiger partial charge in [0.05, 0.1) is 5.52 Å². The molecule has 2 rings (SSSR count). The van der Waals surface area contributed by atoms with Gasteiger partial charge in [-0.25, -0.2) is 9.78 Å². The van der Waals surface area contributed by atoms with E-state index in [0.717, 1.165) is 10.9 Å². The Morgan fingerprint density at radius 1 is 1.29 bits per heavy atom. The van der Waals surface area contributed by atoms with Crippen LogP contribution in [0.4, 0.5) is 5.82 Å². The molecule has 0 aliphatic heterocycles. The van der Waals surface area contributed by atoms with Crippen molar-refractivity contribution in [1.82, 2.24) is 4.98 Å². The van der Waals surface area contributed by atoms with Crippen molar-refractivity contribution in [3.63, 3.8) is 0 Å². The predicted octanol–water partition coefficient (Wildman–Crippen LogP) is 3.80. The van der Waals surface area contributed by atoms with Crippen LogP contribution in [-0.2, 0) is 0 Å². The number of carbonyl (C=O) groups is 1. The van der Waals surface area contributed by atoms with Gasteiger partial charge in [-0.05, 0) is 24.5 Å². The number of fused-ring (bicyclic) bond motifs is 1. The van der Waals surface area contributed by atoms with Gasteiger partial charge in [-0.15, -0.1) is 0 Å². The van der Waals surface area contributed by atoms with Gasteiger partial charge in [0, 0.05) is 18.5 Å². The summed E-state index contributed by atoms with van der Waals surface area (Å²) >= 11 is 0. The fourth-order valence-electron chi connectivity index (χ4n) is 2.30. The van der Waals surface area contributed by atoms with Gasteiger partial charge in [-0.3, -0.25) is 0 Å². The second-order valence-electron chi connectivity index (χ2n) is 6.51. The molecule has 1 N–H and O–H groups in total. The minimum absolute atomic E-state index is 0.0256. The summed E-state index contributed by atoms with van der Waals surface area (Å²) in [5.74, 6) is -0.431. The zero-order valence-electron chi connectivity index (χ0n) is 13.2. The summed E-state index contributed by atoms with van der Waals surface area (Å²) in [5.41, 5.74) is 1.08. The first-order valence-electron chi connectivity index (χ1n) is 7.07. The number of anilines is 1. The molecule has 2 aromatic rings. The molecule has 1 atom stereocenters. The first-order valence-corrected chi connectivity index (χ1v) is 7.07. The standard InChI is InChI=1S/C17H22N2O2/c1-11(17(2,3)4)19(5)15-13(16(20)21)10-12-8-6-7-9-14(12)18-15/h6-11H,1-5H3,(H,20,21). The number of benzene rings is 1. The second kappa shape index (κ2) is 5.35. The summed E-state index contributed by atoms with van der Waals surface area (Å²) in [6, 6.07) is 9.44. The lowest BCUT2D eigenvalue weighted by atomic mass is 9.87. The van der Waals surface area contributed by atoms with Crippen molar-refractivity contribution in [2.75, 3.05) is 11.9 Å². The molecule has 0 aliphatic carbocycles. The number of aromatic carboxylic acids is 1. The molecule has 0 saturated heterocycles. The molecule has 0 bridgehead atoms. The molecule has 4 nitrogen and oxygen atoms in total. The van der Waals surface area contributed by atoms with Gasteiger partial charge in [0.2, 0.25) is 0 Å². The average molecular weight is 286 g/mol. The topological polar surface area (TPSA) is 53.4 Å². The molecule has 0 aliphatic rings. The normalized spacial score (nSPS) is 13.2. The quantitative estimate of drug-likeness (QED) is 0.932. The van der Waals surface area contributed by atoms with Crippen LogP contribution in [0.5, 0.6) is 0 Å². The van der Waals surface area contributed by atoms with E-state index in [2.05, 4.69) is 32.7 Å². The lowest BCUT2D eigenvalue weighted by Gasteiger charge is -2.36. The predicted molar refractivity (Wildman–Crippen MR) is 86.0 cm³/mol. The maximum absolute atomic E-state index is 11.6. The third-order valence-electron chi connectivity index (χ3n) is 4.10. The van der Waals surface area contributed by atoms with Crippen LogP contribution in [0, 0.1) is 5.41 Å². The third kappa shape index (κ3) is 2.99. The van der Waals surface area contributed by atoms with Crippen molar-refractivity contribution < 1.29 is 9.90 Å². The zero-order valence-corrected chi connectivity index (χ0v) is 13.2. The number of pyridine rings is 1. The number of carboxylic acids is 1. The largest absolute Gasteiger partial charge is 0.478 e. The van der Waals surface area contributed by atoms with Crippen LogP contribution in [0.1, 0.15) is 38.1 Å². The highest BCUT2D eigenvalue weighted by atomic mass is 16.4. The van der Waals surface area contributed by atoms with E-state index in [4.69, 9.17) is 0 Å². The molecule has 21 heavy (non-hydrogen) atoms. The Kier molecular flexibility index (Phi) is 3.90. The minimum atomic E-state index is -0.948. The van der Waals surface area contributed by atoms with E-state index in [1.54, 1.807) is 6.07 Å². The second-order valence-corrected chi connectivity index (χ2v) is 6.51. The molecule has 0 spiro atoms. The zero-order chi connectivity index (χ0) is 15.8. The average Bonchev–Trinajstić information content (AvgIpc) is 2.43. The number of para-hydroxylation sites is 1. The number of hydrogen-bond acceptors (Lipinski definition) is 3. The Labute approximate surface area is 125 Å². The summed E-state index contributed by atoms with van der Waals surface area (Å²) < 4.78 is 0. The van der Waals surface area contributed by atoms with E-state index < -0.39 is 5.97 Å². The Bertz CT molecular complexity index is 674. The molecule has 112 valence electrons. The van der Waals surface area contributed by atoms with E-state index in [9.17, 15) is 9.90 Å². The van der Waals surface area contributed by atoms with Gasteiger partial charge in [0.25, 0.3) is 0 Å². The fraction of sp³-hybridized carbons (Fsp3) is 0.412. The van der Waals surface area contributed by atoms with E-state index in [1.165, 1.54) is 0 Å². The Balaban J connectivity index is 2.60. The van der Waals surface area contributed by atoms with E-state index in [0.29, 0.717) is 5.82 Å². The molecule has 0 saturated carbocycles. The van der Waals surface area contributed by atoms with Crippen LogP contribution in [0.25, 0.3) is 10.9 Å². The van der Waals surface area contributed by atoms with Gasteiger partial charge in [-0.2, -0.15) is 0 Å². The maximum atomic E-state index is 11.6. The van der Waals surface area contributed by atoms with Crippen LogP contribution in [0.3, 0.4) is 0 Å². The number of nitrogens with zero attached hydrogens (tertiary/aromatic N) is 2. The van der Waals surface area contributed by atoms with Gasteiger partial charge < -0.3 is 10.0 Å². The van der Waals surface area contributed by atoms with Crippen molar-refractivity contribution in [3.05, 3.63) is 35.9 Å². The van der Waals surface area contributed by atoms with Gasteiger partial charge in [0.1, 0.15) is 11.4 Å². The number of hydrogen-bond donors (Lipinski definition) is 1. The highest BCUT2D eigenvalue weighted by Gasteiger charge is 2.27. The molecule has 1 heterocycles. The molecule has 1 aromatic carbocycles. The highest BCUT2D eigenvalue weighted by molar-refractivity contribution is 5.98. The molecular weight excluding hydrogens is 264 g/mol. The maximum Gasteiger partial charge on any atom is 0.339 e. The molecule has 1 aromatic heterocycles. The molecule has 1 unspecified atom stereocenters. The van der Waals surface area contributed by atoms with Gasteiger partial charge in [0.15, 0.2) is 0 Å². The van der Waals surface area contributed by atoms with Crippen LogP contribution >= 0.6 is 0 Å². The lowest BCUT2D eigenvalue weighted by molar-refractivity contribution is 0.0697. The Hall–Kier alpha value is -2.10. The first-order chi connectivity index (χ1) is 9.71. The van der Waals surface area contributed by atoms with Crippen LogP contribution < -0.4 is 4.90 Å². The van der Waals surface area contributed by atoms with E-state index >= 15 is 0 Å². The molecule has 0 fully saturated rings. The van der Waals surface area contributed by atoms with Gasteiger partial charge >= 0.3 is 5.97 Å². The Morgan fingerprint density at radius 3 is 2.48 bits per heavy atom. The van der Waals surface area contributed by atoms with Crippen molar-refractivity contribution in [2.24, 2.45) is 5.41 Å². The molecule has 0 amide bonds. The number of aromatic nitrogens is 1. The van der Waals surface area contributed by atoms with Crippen LogP contribution in [0.2, 0.25) is 0 Å². The minimum Gasteiger partial charge on any atom is -0.478 e. The SMILES string of the molecule is CC(N(C)c1nc2ccccc2cc1C(=O)O)C(C)(C)C.